The minimum atomic E-state index is -0.329. The zero-order valence-electron chi connectivity index (χ0n) is 13.5. The molecule has 0 aliphatic carbocycles. The highest BCUT2D eigenvalue weighted by molar-refractivity contribution is 5.89. The third kappa shape index (κ3) is 7.88. The molecule has 0 aliphatic rings. The molecule has 0 saturated carbocycles. The van der Waals surface area contributed by atoms with E-state index < -0.39 is 0 Å². The van der Waals surface area contributed by atoms with Crippen molar-refractivity contribution in [3.05, 3.63) is 17.5 Å². The number of hydrogen-bond acceptors (Lipinski definition) is 4. The van der Waals surface area contributed by atoms with Gasteiger partial charge < -0.3 is 9.26 Å². The maximum absolute atomic E-state index is 11.7. The number of aryl methyl sites for hydroxylation is 1. The molecule has 0 unspecified atom stereocenters. The highest BCUT2D eigenvalue weighted by atomic mass is 16.5. The maximum atomic E-state index is 11.7. The van der Waals surface area contributed by atoms with Crippen molar-refractivity contribution in [3.8, 4) is 0 Å². The lowest BCUT2D eigenvalue weighted by Crippen LogP contribution is -2.06. The van der Waals surface area contributed by atoms with E-state index in [1.165, 1.54) is 57.6 Å². The number of unbranched alkanes of at least 4 members (excludes halogenated alkanes) is 9. The Balaban J connectivity index is 1.89. The number of rotatable bonds is 12. The fourth-order valence-corrected chi connectivity index (χ4v) is 2.33. The van der Waals surface area contributed by atoms with Gasteiger partial charge in [0, 0.05) is 0 Å². The van der Waals surface area contributed by atoms with Crippen molar-refractivity contribution < 1.29 is 14.1 Å². The van der Waals surface area contributed by atoms with Crippen molar-refractivity contribution in [1.29, 1.82) is 0 Å². The average molecular weight is 295 g/mol. The molecule has 0 atom stereocenters. The molecule has 0 aromatic carbocycles. The molecule has 0 fully saturated rings. The summed E-state index contributed by atoms with van der Waals surface area (Å²) in [4.78, 5) is 11.7. The van der Waals surface area contributed by atoms with Gasteiger partial charge in [-0.1, -0.05) is 69.9 Å². The van der Waals surface area contributed by atoms with E-state index in [4.69, 9.17) is 9.26 Å². The molecule has 1 aromatic heterocycles. The normalized spacial score (nSPS) is 10.8. The van der Waals surface area contributed by atoms with Gasteiger partial charge in [-0.3, -0.25) is 0 Å². The first-order valence-electron chi connectivity index (χ1n) is 8.34. The Bertz CT molecular complexity index is 387. The third-order valence-corrected chi connectivity index (χ3v) is 3.70. The molecule has 1 rings (SSSR count). The van der Waals surface area contributed by atoms with Crippen LogP contribution in [0.3, 0.4) is 0 Å². The first-order valence-corrected chi connectivity index (χ1v) is 8.34. The van der Waals surface area contributed by atoms with Crippen LogP contribution in [0.5, 0.6) is 0 Å². The van der Waals surface area contributed by atoms with Gasteiger partial charge in [-0.15, -0.1) is 0 Å². The molecular weight excluding hydrogens is 266 g/mol. The molecule has 0 bridgehead atoms. The minimum absolute atomic E-state index is 0.329. The van der Waals surface area contributed by atoms with Crippen molar-refractivity contribution in [1.82, 2.24) is 5.16 Å². The summed E-state index contributed by atoms with van der Waals surface area (Å²) in [5.74, 6) is 0.188. The summed E-state index contributed by atoms with van der Waals surface area (Å²) < 4.78 is 10.0. The standard InChI is InChI=1S/C17H29NO3/c1-3-4-5-6-7-8-9-10-11-12-13-20-17(19)16-14-18-21-15(16)2/h14H,3-13H2,1-2H3. The number of carbonyl (C=O) groups excluding carboxylic acids is 1. The van der Waals surface area contributed by atoms with Gasteiger partial charge in [0.05, 0.1) is 12.8 Å². The van der Waals surface area contributed by atoms with Crippen LogP contribution in [0.25, 0.3) is 0 Å². The van der Waals surface area contributed by atoms with Crippen LogP contribution in [0, 0.1) is 6.92 Å². The van der Waals surface area contributed by atoms with Crippen molar-refractivity contribution in [2.75, 3.05) is 6.61 Å². The van der Waals surface area contributed by atoms with Gasteiger partial charge >= 0.3 is 5.97 Å². The summed E-state index contributed by atoms with van der Waals surface area (Å²) in [7, 11) is 0. The molecule has 1 heterocycles. The first kappa shape index (κ1) is 17.7. The summed E-state index contributed by atoms with van der Waals surface area (Å²) in [6.45, 7) is 4.45. The quantitative estimate of drug-likeness (QED) is 0.399. The summed E-state index contributed by atoms with van der Waals surface area (Å²) in [6, 6.07) is 0. The van der Waals surface area contributed by atoms with Crippen LogP contribution in [-0.2, 0) is 4.74 Å². The zero-order valence-corrected chi connectivity index (χ0v) is 13.5. The van der Waals surface area contributed by atoms with Crippen molar-refractivity contribution >= 4 is 5.97 Å². The van der Waals surface area contributed by atoms with Crippen LogP contribution in [0.2, 0.25) is 0 Å². The van der Waals surface area contributed by atoms with Crippen LogP contribution in [0.4, 0.5) is 0 Å². The molecule has 21 heavy (non-hydrogen) atoms. The molecule has 0 radical (unpaired) electrons. The van der Waals surface area contributed by atoms with E-state index in [-0.39, 0.29) is 5.97 Å². The lowest BCUT2D eigenvalue weighted by atomic mass is 10.1. The molecule has 0 N–H and O–H groups in total. The molecule has 4 heteroatoms. The van der Waals surface area contributed by atoms with E-state index in [1.54, 1.807) is 6.92 Å². The lowest BCUT2D eigenvalue weighted by molar-refractivity contribution is 0.0495. The van der Waals surface area contributed by atoms with E-state index >= 15 is 0 Å². The summed E-state index contributed by atoms with van der Waals surface area (Å²) in [5, 5.41) is 3.57. The highest BCUT2D eigenvalue weighted by Crippen LogP contribution is 2.11. The fourth-order valence-electron chi connectivity index (χ4n) is 2.33. The van der Waals surface area contributed by atoms with Crippen molar-refractivity contribution in [2.45, 2.75) is 78.1 Å². The lowest BCUT2D eigenvalue weighted by Gasteiger charge is -2.04. The molecule has 4 nitrogen and oxygen atoms in total. The Labute approximate surface area is 128 Å². The van der Waals surface area contributed by atoms with Crippen LogP contribution >= 0.6 is 0 Å². The Hall–Kier alpha value is -1.32. The second-order valence-corrected chi connectivity index (χ2v) is 5.61. The van der Waals surface area contributed by atoms with Gasteiger partial charge in [-0.2, -0.15) is 0 Å². The maximum Gasteiger partial charge on any atom is 0.343 e. The fraction of sp³-hybridized carbons (Fsp3) is 0.765. The number of hydrogen-bond donors (Lipinski definition) is 0. The van der Waals surface area contributed by atoms with E-state index in [1.807, 2.05) is 0 Å². The molecule has 0 aliphatic heterocycles. The van der Waals surface area contributed by atoms with Gasteiger partial charge in [-0.05, 0) is 13.3 Å². The number of carbonyl (C=O) groups is 1. The first-order chi connectivity index (χ1) is 10.3. The molecule has 1 aromatic rings. The predicted molar refractivity (Wildman–Crippen MR) is 83.4 cm³/mol. The summed E-state index contributed by atoms with van der Waals surface area (Å²) >= 11 is 0. The Kier molecular flexibility index (Phi) is 9.58. The van der Waals surface area contributed by atoms with Crippen LogP contribution < -0.4 is 0 Å². The summed E-state index contributed by atoms with van der Waals surface area (Å²) in [5.41, 5.74) is 0.432. The van der Waals surface area contributed by atoms with Gasteiger partial charge in [-0.25, -0.2) is 4.79 Å². The van der Waals surface area contributed by atoms with Gasteiger partial charge in [0.25, 0.3) is 0 Å². The van der Waals surface area contributed by atoms with E-state index in [0.717, 1.165) is 12.8 Å². The Morgan fingerprint density at radius 2 is 1.62 bits per heavy atom. The number of esters is 1. The molecule has 0 spiro atoms. The monoisotopic (exact) mass is 295 g/mol. The van der Waals surface area contributed by atoms with E-state index in [2.05, 4.69) is 12.1 Å². The SMILES string of the molecule is CCCCCCCCCCCCOC(=O)c1cnoc1C. The largest absolute Gasteiger partial charge is 0.462 e. The predicted octanol–water partition coefficient (Wildman–Crippen LogP) is 5.06. The van der Waals surface area contributed by atoms with Crippen molar-refractivity contribution in [2.24, 2.45) is 0 Å². The van der Waals surface area contributed by atoms with Gasteiger partial charge in [0.15, 0.2) is 0 Å². The molecule has 120 valence electrons. The van der Waals surface area contributed by atoms with Gasteiger partial charge in [0.2, 0.25) is 0 Å². The zero-order chi connectivity index (χ0) is 15.3. The minimum Gasteiger partial charge on any atom is -0.462 e. The smallest absolute Gasteiger partial charge is 0.343 e. The summed E-state index contributed by atoms with van der Waals surface area (Å²) in [6.07, 6.45) is 14.2. The van der Waals surface area contributed by atoms with Crippen LogP contribution in [0.15, 0.2) is 10.7 Å². The topological polar surface area (TPSA) is 52.3 Å². The Morgan fingerprint density at radius 1 is 1.05 bits per heavy atom. The van der Waals surface area contributed by atoms with Crippen molar-refractivity contribution in [3.63, 3.8) is 0 Å². The molecular formula is C17H29NO3. The molecule has 0 saturated heterocycles. The second kappa shape index (κ2) is 11.4. The molecule has 0 amide bonds. The number of ether oxygens (including phenoxy) is 1. The van der Waals surface area contributed by atoms with Crippen LogP contribution in [0.1, 0.15) is 87.3 Å². The van der Waals surface area contributed by atoms with Gasteiger partial charge in [0.1, 0.15) is 11.3 Å². The average Bonchev–Trinajstić information content (AvgIpc) is 2.91. The Morgan fingerprint density at radius 3 is 2.14 bits per heavy atom. The van der Waals surface area contributed by atoms with E-state index in [9.17, 15) is 4.79 Å². The number of nitrogens with zero attached hydrogens (tertiary/aromatic N) is 1. The second-order valence-electron chi connectivity index (χ2n) is 5.61. The van der Waals surface area contributed by atoms with Crippen LogP contribution in [-0.4, -0.2) is 17.7 Å². The third-order valence-electron chi connectivity index (χ3n) is 3.70. The number of aromatic nitrogens is 1. The highest BCUT2D eigenvalue weighted by Gasteiger charge is 2.13. The van der Waals surface area contributed by atoms with E-state index in [0.29, 0.717) is 17.9 Å².